The molecule has 1 heterocycles. The highest BCUT2D eigenvalue weighted by molar-refractivity contribution is 5.75. The van der Waals surface area contributed by atoms with Crippen LogP contribution in [0.3, 0.4) is 0 Å². The van der Waals surface area contributed by atoms with Gasteiger partial charge in [0.2, 0.25) is 0 Å². The quantitative estimate of drug-likeness (QED) is 0.834. The zero-order chi connectivity index (χ0) is 15.3. The summed E-state index contributed by atoms with van der Waals surface area (Å²) in [6.07, 6.45) is -0.464. The number of carboxylic acids is 1. The van der Waals surface area contributed by atoms with Crippen LogP contribution in [-0.4, -0.2) is 65.3 Å². The Hall–Kier alpha value is -1.30. The maximum Gasteiger partial charge on any atom is 0.320 e. The molecule has 1 aliphatic heterocycles. The molecule has 0 radical (unpaired) electrons. The Morgan fingerprint density at radius 3 is 2.50 bits per heavy atom. The highest BCUT2D eigenvalue weighted by atomic mass is 16.5. The maximum absolute atomic E-state index is 12.6. The number of urea groups is 1. The molecule has 0 bridgehead atoms. The van der Waals surface area contributed by atoms with Crippen molar-refractivity contribution in [1.82, 2.24) is 9.80 Å². The zero-order valence-electron chi connectivity index (χ0n) is 12.8. The van der Waals surface area contributed by atoms with Crippen LogP contribution in [0.15, 0.2) is 0 Å². The first-order valence-corrected chi connectivity index (χ1v) is 7.20. The van der Waals surface area contributed by atoms with Gasteiger partial charge in [-0.25, -0.2) is 4.79 Å². The molecule has 0 aliphatic carbocycles. The van der Waals surface area contributed by atoms with E-state index in [1.54, 1.807) is 4.90 Å². The van der Waals surface area contributed by atoms with Crippen LogP contribution in [0.2, 0.25) is 0 Å². The van der Waals surface area contributed by atoms with E-state index in [4.69, 9.17) is 9.84 Å². The molecule has 1 atom stereocenters. The number of carbonyl (C=O) groups excluding carboxylic acids is 1. The van der Waals surface area contributed by atoms with E-state index in [2.05, 4.69) is 13.8 Å². The summed E-state index contributed by atoms with van der Waals surface area (Å²) < 4.78 is 5.40. The van der Waals surface area contributed by atoms with E-state index in [-0.39, 0.29) is 18.5 Å². The molecule has 1 rings (SSSR count). The number of rotatable bonds is 5. The molecular weight excluding hydrogens is 260 g/mol. The summed E-state index contributed by atoms with van der Waals surface area (Å²) in [5, 5.41) is 8.81. The minimum atomic E-state index is -0.896. The molecule has 1 N–H and O–H groups in total. The predicted octanol–water partition coefficient (Wildman–Crippen LogP) is 1.65. The number of aliphatic carboxylic acids is 1. The predicted molar refractivity (Wildman–Crippen MR) is 75.6 cm³/mol. The molecule has 0 aromatic heterocycles. The first kappa shape index (κ1) is 16.8. The second-order valence-corrected chi connectivity index (χ2v) is 5.96. The van der Waals surface area contributed by atoms with Crippen molar-refractivity contribution in [3.63, 3.8) is 0 Å². The highest BCUT2D eigenvalue weighted by Crippen LogP contribution is 2.14. The SMILES string of the molecule is CC(C)CN(C(=O)N1CCOC(CC(=O)O)C1)C(C)C. The van der Waals surface area contributed by atoms with Gasteiger partial charge in [-0.2, -0.15) is 0 Å². The van der Waals surface area contributed by atoms with Crippen molar-refractivity contribution < 1.29 is 19.4 Å². The fraction of sp³-hybridized carbons (Fsp3) is 0.857. The summed E-state index contributed by atoms with van der Waals surface area (Å²) in [5.74, 6) is -0.496. The van der Waals surface area contributed by atoms with E-state index in [1.807, 2.05) is 18.7 Å². The van der Waals surface area contributed by atoms with Gasteiger partial charge in [-0.15, -0.1) is 0 Å². The van der Waals surface area contributed by atoms with E-state index < -0.39 is 12.1 Å². The topological polar surface area (TPSA) is 70.1 Å². The van der Waals surface area contributed by atoms with Gasteiger partial charge in [0.05, 0.1) is 19.1 Å². The summed E-state index contributed by atoms with van der Waals surface area (Å²) >= 11 is 0. The van der Waals surface area contributed by atoms with Gasteiger partial charge in [0.15, 0.2) is 0 Å². The molecule has 0 spiro atoms. The van der Waals surface area contributed by atoms with Crippen LogP contribution >= 0.6 is 0 Å². The molecule has 20 heavy (non-hydrogen) atoms. The van der Waals surface area contributed by atoms with Crippen LogP contribution < -0.4 is 0 Å². The first-order chi connectivity index (χ1) is 9.31. The van der Waals surface area contributed by atoms with Gasteiger partial charge in [-0.05, 0) is 19.8 Å². The second-order valence-electron chi connectivity index (χ2n) is 5.96. The third kappa shape index (κ3) is 5.00. The van der Waals surface area contributed by atoms with Crippen molar-refractivity contribution in [2.75, 3.05) is 26.2 Å². The molecule has 0 saturated carbocycles. The summed E-state index contributed by atoms with van der Waals surface area (Å²) in [4.78, 5) is 26.8. The van der Waals surface area contributed by atoms with Crippen LogP contribution in [0.4, 0.5) is 4.79 Å². The fourth-order valence-electron chi connectivity index (χ4n) is 2.30. The summed E-state index contributed by atoms with van der Waals surface area (Å²) in [7, 11) is 0. The van der Waals surface area contributed by atoms with Gasteiger partial charge in [-0.1, -0.05) is 13.8 Å². The van der Waals surface area contributed by atoms with Gasteiger partial charge in [0, 0.05) is 25.7 Å². The third-order valence-corrected chi connectivity index (χ3v) is 3.24. The summed E-state index contributed by atoms with van der Waals surface area (Å²) in [5.41, 5.74) is 0. The monoisotopic (exact) mass is 286 g/mol. The van der Waals surface area contributed by atoms with E-state index >= 15 is 0 Å². The smallest absolute Gasteiger partial charge is 0.320 e. The second kappa shape index (κ2) is 7.47. The number of nitrogens with zero attached hydrogens (tertiary/aromatic N) is 2. The number of amides is 2. The Kier molecular flexibility index (Phi) is 6.26. The van der Waals surface area contributed by atoms with Crippen LogP contribution in [0.1, 0.15) is 34.1 Å². The van der Waals surface area contributed by atoms with Crippen molar-refractivity contribution in [3.05, 3.63) is 0 Å². The van der Waals surface area contributed by atoms with Crippen LogP contribution in [0.25, 0.3) is 0 Å². The lowest BCUT2D eigenvalue weighted by Crippen LogP contribution is -2.53. The number of ether oxygens (including phenoxy) is 1. The van der Waals surface area contributed by atoms with Crippen molar-refractivity contribution >= 4 is 12.0 Å². The van der Waals surface area contributed by atoms with E-state index in [0.717, 1.165) is 0 Å². The lowest BCUT2D eigenvalue weighted by atomic mass is 10.1. The largest absolute Gasteiger partial charge is 0.481 e. The van der Waals surface area contributed by atoms with Crippen molar-refractivity contribution in [3.8, 4) is 0 Å². The highest BCUT2D eigenvalue weighted by Gasteiger charge is 2.30. The van der Waals surface area contributed by atoms with Gasteiger partial charge in [-0.3, -0.25) is 4.79 Å². The lowest BCUT2D eigenvalue weighted by Gasteiger charge is -2.38. The zero-order valence-corrected chi connectivity index (χ0v) is 12.8. The van der Waals surface area contributed by atoms with E-state index in [9.17, 15) is 9.59 Å². The molecule has 116 valence electrons. The van der Waals surface area contributed by atoms with E-state index in [1.165, 1.54) is 0 Å². The number of hydrogen-bond acceptors (Lipinski definition) is 3. The minimum Gasteiger partial charge on any atom is -0.481 e. The van der Waals surface area contributed by atoms with Gasteiger partial charge in [0.25, 0.3) is 0 Å². The molecule has 0 aromatic rings. The number of morpholine rings is 1. The van der Waals surface area contributed by atoms with Gasteiger partial charge < -0.3 is 19.6 Å². The van der Waals surface area contributed by atoms with Crippen LogP contribution in [0, 0.1) is 5.92 Å². The molecule has 1 unspecified atom stereocenters. The standard InChI is InChI=1S/C14H26N2O4/c1-10(2)8-16(11(3)4)14(19)15-5-6-20-12(9-15)7-13(17)18/h10-12H,5-9H2,1-4H3,(H,17,18). The Morgan fingerprint density at radius 2 is 2.00 bits per heavy atom. The average Bonchev–Trinajstić information content (AvgIpc) is 2.34. The Labute approximate surface area is 120 Å². The lowest BCUT2D eigenvalue weighted by molar-refractivity contribution is -0.141. The van der Waals surface area contributed by atoms with Gasteiger partial charge >= 0.3 is 12.0 Å². The molecule has 2 amide bonds. The van der Waals surface area contributed by atoms with Gasteiger partial charge in [0.1, 0.15) is 0 Å². The Balaban J connectivity index is 2.66. The maximum atomic E-state index is 12.6. The molecule has 1 saturated heterocycles. The molecule has 6 nitrogen and oxygen atoms in total. The normalized spacial score (nSPS) is 19.5. The van der Waals surface area contributed by atoms with Crippen molar-refractivity contribution in [2.45, 2.75) is 46.3 Å². The molecular formula is C14H26N2O4. The molecule has 0 aromatic carbocycles. The van der Waals surface area contributed by atoms with E-state index in [0.29, 0.717) is 32.2 Å². The van der Waals surface area contributed by atoms with Crippen molar-refractivity contribution in [2.24, 2.45) is 5.92 Å². The molecule has 6 heteroatoms. The number of carbonyl (C=O) groups is 2. The van der Waals surface area contributed by atoms with Crippen LogP contribution in [-0.2, 0) is 9.53 Å². The third-order valence-electron chi connectivity index (χ3n) is 3.24. The number of hydrogen-bond donors (Lipinski definition) is 1. The first-order valence-electron chi connectivity index (χ1n) is 7.20. The van der Waals surface area contributed by atoms with Crippen LogP contribution in [0.5, 0.6) is 0 Å². The minimum absolute atomic E-state index is 0.0209. The fourth-order valence-corrected chi connectivity index (χ4v) is 2.30. The Morgan fingerprint density at radius 1 is 1.35 bits per heavy atom. The average molecular weight is 286 g/mol. The molecule has 1 aliphatic rings. The Bertz CT molecular complexity index is 344. The number of carboxylic acid groups (broad SMARTS) is 1. The van der Waals surface area contributed by atoms with Crippen molar-refractivity contribution in [1.29, 1.82) is 0 Å². The summed E-state index contributed by atoms with van der Waals surface area (Å²) in [6, 6.07) is 0.109. The summed E-state index contributed by atoms with van der Waals surface area (Å²) in [6.45, 7) is 10.1. The molecule has 1 fully saturated rings.